The number of carbonyl (C=O) groups excluding carboxylic acids is 1. The number of hydrogen-bond donors (Lipinski definition) is 1. The normalized spacial score (nSPS) is 11.6. The molecule has 2 rings (SSSR count). The van der Waals surface area contributed by atoms with E-state index in [1.165, 1.54) is 5.56 Å². The van der Waals surface area contributed by atoms with Gasteiger partial charge in [0.15, 0.2) is 6.10 Å². The molecule has 4 nitrogen and oxygen atoms in total. The molecule has 6 heteroatoms. The number of rotatable bonds is 9. The van der Waals surface area contributed by atoms with Crippen molar-refractivity contribution < 1.29 is 14.3 Å². The van der Waals surface area contributed by atoms with E-state index in [4.69, 9.17) is 21.1 Å². The summed E-state index contributed by atoms with van der Waals surface area (Å²) in [7, 11) is 1.61. The molecule has 0 aliphatic carbocycles. The molecule has 1 N–H and O–H groups in total. The minimum atomic E-state index is -0.550. The molecule has 2 aromatic carbocycles. The van der Waals surface area contributed by atoms with Crippen LogP contribution >= 0.6 is 23.4 Å². The Morgan fingerprint density at radius 2 is 1.92 bits per heavy atom. The lowest BCUT2D eigenvalue weighted by atomic mass is 10.2. The average molecular weight is 380 g/mol. The van der Waals surface area contributed by atoms with Crippen molar-refractivity contribution in [3.8, 4) is 11.5 Å². The molecule has 0 aliphatic rings. The van der Waals surface area contributed by atoms with Crippen LogP contribution in [0.5, 0.6) is 11.5 Å². The highest BCUT2D eigenvalue weighted by molar-refractivity contribution is 7.98. The zero-order valence-electron chi connectivity index (χ0n) is 14.3. The summed E-state index contributed by atoms with van der Waals surface area (Å²) in [4.78, 5) is 12.1. The Morgan fingerprint density at radius 3 is 2.60 bits per heavy atom. The van der Waals surface area contributed by atoms with Crippen molar-refractivity contribution in [1.82, 2.24) is 5.32 Å². The number of hydrogen-bond acceptors (Lipinski definition) is 4. The molecule has 0 spiro atoms. The van der Waals surface area contributed by atoms with Gasteiger partial charge in [-0.25, -0.2) is 0 Å². The van der Waals surface area contributed by atoms with E-state index in [0.29, 0.717) is 12.3 Å². The van der Waals surface area contributed by atoms with E-state index in [1.54, 1.807) is 50.1 Å². The third-order valence-corrected chi connectivity index (χ3v) is 4.71. The number of carbonyl (C=O) groups is 1. The molecule has 0 aliphatic heterocycles. The van der Waals surface area contributed by atoms with Crippen molar-refractivity contribution in [2.75, 3.05) is 19.4 Å². The van der Waals surface area contributed by atoms with E-state index in [1.807, 2.05) is 24.3 Å². The summed E-state index contributed by atoms with van der Waals surface area (Å²) >= 11 is 7.71. The maximum Gasteiger partial charge on any atom is 0.260 e. The molecule has 2 aromatic rings. The van der Waals surface area contributed by atoms with E-state index in [0.717, 1.165) is 22.3 Å². The number of methoxy groups -OCH3 is 1. The molecular formula is C19H22ClNO3S. The number of ether oxygens (including phenoxy) is 2. The second-order valence-electron chi connectivity index (χ2n) is 5.41. The maximum atomic E-state index is 12.1. The summed E-state index contributed by atoms with van der Waals surface area (Å²) in [5.41, 5.74) is 1.18. The van der Waals surface area contributed by atoms with E-state index in [2.05, 4.69) is 5.32 Å². The number of thioether (sulfide) groups is 1. The van der Waals surface area contributed by atoms with Crippen molar-refractivity contribution >= 4 is 29.3 Å². The summed E-state index contributed by atoms with van der Waals surface area (Å²) in [5, 5.41) is 3.63. The number of nitrogens with one attached hydrogen (secondary N) is 1. The van der Waals surface area contributed by atoms with Crippen molar-refractivity contribution in [3.63, 3.8) is 0 Å². The standard InChI is InChI=1S/C19H22ClNO3S/c1-14(24-18-8-6-17(23-2)7-9-18)19(22)21-10-11-25-13-15-4-3-5-16(20)12-15/h3-9,12,14H,10-11,13H2,1-2H3,(H,21,22)/t14-/m1/s1. The smallest absolute Gasteiger partial charge is 0.260 e. The number of amides is 1. The first-order valence-corrected chi connectivity index (χ1v) is 9.52. The fourth-order valence-electron chi connectivity index (χ4n) is 2.12. The molecule has 0 fully saturated rings. The van der Waals surface area contributed by atoms with E-state index in [9.17, 15) is 4.79 Å². The van der Waals surface area contributed by atoms with Crippen LogP contribution in [-0.4, -0.2) is 31.4 Å². The van der Waals surface area contributed by atoms with Gasteiger partial charge >= 0.3 is 0 Å². The quantitative estimate of drug-likeness (QED) is 0.664. The molecule has 0 saturated heterocycles. The summed E-state index contributed by atoms with van der Waals surface area (Å²) in [6, 6.07) is 15.0. The second-order valence-corrected chi connectivity index (χ2v) is 6.95. The predicted molar refractivity (Wildman–Crippen MR) is 104 cm³/mol. The third kappa shape index (κ3) is 6.88. The van der Waals surface area contributed by atoms with Crippen LogP contribution in [0, 0.1) is 0 Å². The van der Waals surface area contributed by atoms with Crippen molar-refractivity contribution in [2.24, 2.45) is 0 Å². The Kier molecular flexibility index (Phi) is 7.95. The van der Waals surface area contributed by atoms with E-state index < -0.39 is 6.10 Å². The van der Waals surface area contributed by atoms with Gasteiger partial charge in [-0.2, -0.15) is 11.8 Å². The van der Waals surface area contributed by atoms with Gasteiger partial charge in [-0.05, 0) is 48.9 Å². The largest absolute Gasteiger partial charge is 0.497 e. The van der Waals surface area contributed by atoms with Crippen LogP contribution in [-0.2, 0) is 10.5 Å². The summed E-state index contributed by atoms with van der Waals surface area (Å²) < 4.78 is 10.7. The molecule has 0 radical (unpaired) electrons. The average Bonchev–Trinajstić information content (AvgIpc) is 2.62. The van der Waals surface area contributed by atoms with Crippen molar-refractivity contribution in [1.29, 1.82) is 0 Å². The van der Waals surface area contributed by atoms with Gasteiger partial charge < -0.3 is 14.8 Å². The Morgan fingerprint density at radius 1 is 1.20 bits per heavy atom. The topological polar surface area (TPSA) is 47.6 Å². The molecule has 0 bridgehead atoms. The van der Waals surface area contributed by atoms with E-state index in [-0.39, 0.29) is 5.91 Å². The molecule has 0 saturated carbocycles. The first-order chi connectivity index (χ1) is 12.1. The Bertz CT molecular complexity index is 679. The second kappa shape index (κ2) is 10.2. The highest BCUT2D eigenvalue weighted by Crippen LogP contribution is 2.18. The lowest BCUT2D eigenvalue weighted by Crippen LogP contribution is -2.37. The van der Waals surface area contributed by atoms with Gasteiger partial charge in [-0.15, -0.1) is 0 Å². The van der Waals surface area contributed by atoms with Gasteiger partial charge in [0, 0.05) is 23.1 Å². The molecule has 1 amide bonds. The molecule has 0 heterocycles. The highest BCUT2D eigenvalue weighted by Gasteiger charge is 2.13. The van der Waals surface area contributed by atoms with E-state index >= 15 is 0 Å². The molecular weight excluding hydrogens is 358 g/mol. The Labute approximate surface area is 157 Å². The third-order valence-electron chi connectivity index (χ3n) is 3.44. The van der Waals surface area contributed by atoms with Crippen LogP contribution in [0.15, 0.2) is 48.5 Å². The number of benzene rings is 2. The minimum Gasteiger partial charge on any atom is -0.497 e. The van der Waals surface area contributed by atoms with Crippen LogP contribution < -0.4 is 14.8 Å². The van der Waals surface area contributed by atoms with Gasteiger partial charge in [0.25, 0.3) is 5.91 Å². The summed E-state index contributed by atoms with van der Waals surface area (Å²) in [6.45, 7) is 2.33. The van der Waals surface area contributed by atoms with Crippen LogP contribution in [0.1, 0.15) is 12.5 Å². The zero-order valence-corrected chi connectivity index (χ0v) is 15.9. The Balaban J connectivity index is 1.65. The molecule has 0 unspecified atom stereocenters. The fraction of sp³-hybridized carbons (Fsp3) is 0.316. The molecule has 134 valence electrons. The fourth-order valence-corrected chi connectivity index (χ4v) is 3.14. The minimum absolute atomic E-state index is 0.126. The number of halogens is 1. The summed E-state index contributed by atoms with van der Waals surface area (Å²) in [6.07, 6.45) is -0.550. The highest BCUT2D eigenvalue weighted by atomic mass is 35.5. The van der Waals surface area contributed by atoms with Gasteiger partial charge in [0.1, 0.15) is 11.5 Å². The predicted octanol–water partition coefficient (Wildman–Crippen LogP) is 4.17. The lowest BCUT2D eigenvalue weighted by molar-refractivity contribution is -0.127. The van der Waals surface area contributed by atoms with Crippen LogP contribution in [0.4, 0.5) is 0 Å². The lowest BCUT2D eigenvalue weighted by Gasteiger charge is -2.15. The van der Waals surface area contributed by atoms with Crippen LogP contribution in [0.3, 0.4) is 0 Å². The first-order valence-electron chi connectivity index (χ1n) is 7.99. The maximum absolute atomic E-state index is 12.1. The monoisotopic (exact) mass is 379 g/mol. The molecule has 0 aromatic heterocycles. The van der Waals surface area contributed by atoms with Crippen molar-refractivity contribution in [2.45, 2.75) is 18.8 Å². The van der Waals surface area contributed by atoms with Crippen LogP contribution in [0.25, 0.3) is 0 Å². The first kappa shape index (κ1) is 19.5. The van der Waals surface area contributed by atoms with Gasteiger partial charge in [0.05, 0.1) is 7.11 Å². The van der Waals surface area contributed by atoms with Gasteiger partial charge in [-0.1, -0.05) is 23.7 Å². The summed E-state index contributed by atoms with van der Waals surface area (Å²) in [5.74, 6) is 2.96. The SMILES string of the molecule is COc1ccc(O[C@H](C)C(=O)NCCSCc2cccc(Cl)c2)cc1. The molecule has 25 heavy (non-hydrogen) atoms. The van der Waals surface area contributed by atoms with Crippen LogP contribution in [0.2, 0.25) is 5.02 Å². The van der Waals surface area contributed by atoms with Gasteiger partial charge in [-0.3, -0.25) is 4.79 Å². The van der Waals surface area contributed by atoms with Gasteiger partial charge in [0.2, 0.25) is 0 Å². The van der Waals surface area contributed by atoms with Crippen molar-refractivity contribution in [3.05, 3.63) is 59.1 Å². The zero-order chi connectivity index (χ0) is 18.1. The molecule has 1 atom stereocenters. The Hall–Kier alpha value is -1.85.